The number of Topliss-reactive ketones (excluding diaryl/α,β-unsaturated/α-hetero) is 1. The van der Waals surface area contributed by atoms with E-state index in [-0.39, 0.29) is 24.7 Å². The van der Waals surface area contributed by atoms with E-state index >= 15 is 0 Å². The maximum atomic E-state index is 12.0. The zero-order chi connectivity index (χ0) is 17.4. The molecule has 0 aromatic heterocycles. The Morgan fingerprint density at radius 1 is 1.30 bits per heavy atom. The average Bonchev–Trinajstić information content (AvgIpc) is 2.52. The molecule has 0 aromatic carbocycles. The first-order valence-electron chi connectivity index (χ1n) is 7.77. The number of ether oxygens (including phenoxy) is 2. The van der Waals surface area contributed by atoms with Gasteiger partial charge in [0.25, 0.3) is 0 Å². The van der Waals surface area contributed by atoms with Crippen molar-refractivity contribution in [3.63, 3.8) is 0 Å². The number of nitrogens with one attached hydrogen (secondary N) is 1. The summed E-state index contributed by atoms with van der Waals surface area (Å²) in [7, 11) is 1.49. The number of ketones is 1. The summed E-state index contributed by atoms with van der Waals surface area (Å²) in [5.41, 5.74) is 0. The molecule has 130 valence electrons. The minimum atomic E-state index is -1.10. The minimum Gasteiger partial charge on any atom is -0.424 e. The molecule has 2 unspecified atom stereocenters. The molecule has 0 bridgehead atoms. The summed E-state index contributed by atoms with van der Waals surface area (Å²) in [6.45, 7) is 2.77. The van der Waals surface area contributed by atoms with Crippen LogP contribution in [-0.4, -0.2) is 54.6 Å². The van der Waals surface area contributed by atoms with Crippen LogP contribution >= 0.6 is 0 Å². The Balaban J connectivity index is 2.38. The van der Waals surface area contributed by atoms with Gasteiger partial charge >= 0.3 is 12.1 Å². The first-order valence-corrected chi connectivity index (χ1v) is 7.77. The Morgan fingerprint density at radius 3 is 2.61 bits per heavy atom. The van der Waals surface area contributed by atoms with Crippen molar-refractivity contribution >= 4 is 23.8 Å². The van der Waals surface area contributed by atoms with E-state index in [4.69, 9.17) is 9.47 Å². The zero-order valence-corrected chi connectivity index (χ0v) is 13.8. The molecule has 0 heterocycles. The SMILES string of the molecule is CCC(=O)NCC(=O)OC(C)OC(=O)N(C)C1CCCCC1=O. The fourth-order valence-corrected chi connectivity index (χ4v) is 2.27. The highest BCUT2D eigenvalue weighted by Crippen LogP contribution is 2.19. The summed E-state index contributed by atoms with van der Waals surface area (Å²) >= 11 is 0. The van der Waals surface area contributed by atoms with Crippen molar-refractivity contribution in [2.75, 3.05) is 13.6 Å². The Morgan fingerprint density at radius 2 is 2.00 bits per heavy atom. The quantitative estimate of drug-likeness (QED) is 0.576. The number of amides is 2. The number of hydrogen-bond donors (Lipinski definition) is 1. The molecule has 2 amide bonds. The van der Waals surface area contributed by atoms with Crippen LogP contribution in [-0.2, 0) is 23.9 Å². The van der Waals surface area contributed by atoms with Gasteiger partial charge in [-0.1, -0.05) is 13.3 Å². The number of carbonyl (C=O) groups is 4. The Bertz CT molecular complexity index is 465. The van der Waals surface area contributed by atoms with Gasteiger partial charge in [-0.3, -0.25) is 14.4 Å². The van der Waals surface area contributed by atoms with E-state index in [1.807, 2.05) is 0 Å². The van der Waals surface area contributed by atoms with E-state index in [1.165, 1.54) is 18.9 Å². The molecule has 1 aliphatic rings. The second kappa shape index (κ2) is 9.12. The van der Waals surface area contributed by atoms with Crippen molar-refractivity contribution in [2.24, 2.45) is 0 Å². The lowest BCUT2D eigenvalue weighted by Crippen LogP contribution is -2.45. The van der Waals surface area contributed by atoms with Crippen LogP contribution in [0.5, 0.6) is 0 Å². The van der Waals surface area contributed by atoms with Gasteiger partial charge in [-0.25, -0.2) is 4.79 Å². The van der Waals surface area contributed by atoms with Crippen LogP contribution < -0.4 is 5.32 Å². The van der Waals surface area contributed by atoms with E-state index in [1.54, 1.807) is 6.92 Å². The van der Waals surface area contributed by atoms with E-state index in [2.05, 4.69) is 5.32 Å². The summed E-state index contributed by atoms with van der Waals surface area (Å²) in [6, 6.07) is -0.483. The minimum absolute atomic E-state index is 0.0163. The summed E-state index contributed by atoms with van der Waals surface area (Å²) in [5.74, 6) is -0.965. The largest absolute Gasteiger partial charge is 0.424 e. The Hall–Kier alpha value is -2.12. The third-order valence-corrected chi connectivity index (χ3v) is 3.59. The van der Waals surface area contributed by atoms with Gasteiger partial charge in [0.2, 0.25) is 12.2 Å². The maximum absolute atomic E-state index is 12.0. The molecule has 1 aliphatic carbocycles. The first kappa shape index (κ1) is 18.9. The maximum Gasteiger partial charge on any atom is 0.413 e. The fourth-order valence-electron chi connectivity index (χ4n) is 2.27. The molecule has 8 heteroatoms. The molecule has 1 N–H and O–H groups in total. The summed E-state index contributed by atoms with van der Waals surface area (Å²) < 4.78 is 9.87. The van der Waals surface area contributed by atoms with Gasteiger partial charge in [0.1, 0.15) is 6.54 Å². The van der Waals surface area contributed by atoms with Crippen molar-refractivity contribution in [3.8, 4) is 0 Å². The second-order valence-corrected chi connectivity index (χ2v) is 5.41. The van der Waals surface area contributed by atoms with Crippen molar-refractivity contribution < 1.29 is 28.7 Å². The van der Waals surface area contributed by atoms with Crippen LogP contribution in [0, 0.1) is 0 Å². The van der Waals surface area contributed by atoms with Crippen LogP contribution in [0.15, 0.2) is 0 Å². The zero-order valence-electron chi connectivity index (χ0n) is 13.8. The predicted octanol–water partition coefficient (Wildman–Crippen LogP) is 0.982. The predicted molar refractivity (Wildman–Crippen MR) is 80.4 cm³/mol. The number of rotatable bonds is 6. The highest BCUT2D eigenvalue weighted by molar-refractivity contribution is 5.88. The smallest absolute Gasteiger partial charge is 0.413 e. The number of likely N-dealkylation sites (N-methyl/N-ethyl adjacent to an activating group) is 1. The van der Waals surface area contributed by atoms with Crippen molar-refractivity contribution in [3.05, 3.63) is 0 Å². The van der Waals surface area contributed by atoms with Crippen LogP contribution in [0.3, 0.4) is 0 Å². The molecule has 2 atom stereocenters. The van der Waals surface area contributed by atoms with E-state index in [0.717, 1.165) is 12.8 Å². The van der Waals surface area contributed by atoms with E-state index in [0.29, 0.717) is 12.8 Å². The molecule has 8 nitrogen and oxygen atoms in total. The third kappa shape index (κ3) is 6.25. The van der Waals surface area contributed by atoms with E-state index < -0.39 is 24.4 Å². The molecule has 0 spiro atoms. The highest BCUT2D eigenvalue weighted by Gasteiger charge is 2.30. The normalized spacial score (nSPS) is 18.7. The number of nitrogens with zero attached hydrogens (tertiary/aromatic N) is 1. The van der Waals surface area contributed by atoms with Gasteiger partial charge in [0.15, 0.2) is 5.78 Å². The lowest BCUT2D eigenvalue weighted by Gasteiger charge is -2.30. The first-order chi connectivity index (χ1) is 10.8. The molecular formula is C15H24N2O6. The van der Waals surface area contributed by atoms with Crippen LogP contribution in [0.4, 0.5) is 4.79 Å². The highest BCUT2D eigenvalue weighted by atomic mass is 16.7. The number of carbonyl (C=O) groups excluding carboxylic acids is 4. The van der Waals surface area contributed by atoms with Gasteiger partial charge in [0, 0.05) is 26.8 Å². The molecular weight excluding hydrogens is 304 g/mol. The van der Waals surface area contributed by atoms with Crippen LogP contribution in [0.25, 0.3) is 0 Å². The molecule has 0 aromatic rings. The third-order valence-electron chi connectivity index (χ3n) is 3.59. The van der Waals surface area contributed by atoms with Gasteiger partial charge in [0.05, 0.1) is 6.04 Å². The summed E-state index contributed by atoms with van der Waals surface area (Å²) in [6.07, 6.45) is 1.24. The second-order valence-electron chi connectivity index (χ2n) is 5.41. The van der Waals surface area contributed by atoms with Crippen molar-refractivity contribution in [1.82, 2.24) is 10.2 Å². The van der Waals surface area contributed by atoms with Crippen LogP contribution in [0.1, 0.15) is 46.0 Å². The molecule has 1 fully saturated rings. The summed E-state index contributed by atoms with van der Waals surface area (Å²) in [5, 5.41) is 2.36. The van der Waals surface area contributed by atoms with Crippen LogP contribution in [0.2, 0.25) is 0 Å². The van der Waals surface area contributed by atoms with E-state index in [9.17, 15) is 19.2 Å². The van der Waals surface area contributed by atoms with Gasteiger partial charge in [-0.05, 0) is 12.8 Å². The van der Waals surface area contributed by atoms with Gasteiger partial charge < -0.3 is 19.7 Å². The average molecular weight is 328 g/mol. The molecule has 0 aliphatic heterocycles. The lowest BCUT2D eigenvalue weighted by molar-refractivity contribution is -0.166. The number of hydrogen-bond acceptors (Lipinski definition) is 6. The molecule has 1 saturated carbocycles. The Labute approximate surface area is 135 Å². The fraction of sp³-hybridized carbons (Fsp3) is 0.733. The standard InChI is InChI=1S/C15H24N2O6/c1-4-13(19)16-9-14(20)22-10(2)23-15(21)17(3)11-7-5-6-8-12(11)18/h10-11H,4-9H2,1-3H3,(H,16,19). The molecule has 0 saturated heterocycles. The lowest BCUT2D eigenvalue weighted by atomic mass is 9.93. The van der Waals surface area contributed by atoms with Crippen molar-refractivity contribution in [2.45, 2.75) is 58.3 Å². The number of esters is 1. The Kier molecular flexibility index (Phi) is 7.50. The van der Waals surface area contributed by atoms with Gasteiger partial charge in [-0.15, -0.1) is 0 Å². The molecule has 1 rings (SSSR count). The van der Waals surface area contributed by atoms with Crippen molar-refractivity contribution in [1.29, 1.82) is 0 Å². The van der Waals surface area contributed by atoms with Gasteiger partial charge in [-0.2, -0.15) is 0 Å². The molecule has 0 radical (unpaired) electrons. The molecule has 23 heavy (non-hydrogen) atoms. The monoisotopic (exact) mass is 328 g/mol. The summed E-state index contributed by atoms with van der Waals surface area (Å²) in [4.78, 5) is 47.5. The topological polar surface area (TPSA) is 102 Å².